The molecule has 18 heavy (non-hydrogen) atoms. The molecule has 5 heteroatoms. The van der Waals surface area contributed by atoms with E-state index in [2.05, 4.69) is 9.97 Å². The molecule has 0 radical (unpaired) electrons. The van der Waals surface area contributed by atoms with Crippen molar-refractivity contribution in [1.29, 1.82) is 0 Å². The zero-order valence-corrected chi connectivity index (χ0v) is 11.9. The molecule has 0 spiro atoms. The van der Waals surface area contributed by atoms with Crippen molar-refractivity contribution < 1.29 is 4.74 Å². The van der Waals surface area contributed by atoms with Gasteiger partial charge in [-0.15, -0.1) is 11.3 Å². The summed E-state index contributed by atoms with van der Waals surface area (Å²) in [7, 11) is 1.68. The van der Waals surface area contributed by atoms with Crippen molar-refractivity contribution in [2.45, 2.75) is 32.1 Å². The van der Waals surface area contributed by atoms with Crippen LogP contribution in [0.3, 0.4) is 0 Å². The topological polar surface area (TPSA) is 35.0 Å². The number of halogens is 1. The minimum atomic E-state index is 0.616. The van der Waals surface area contributed by atoms with Crippen molar-refractivity contribution in [1.82, 2.24) is 9.97 Å². The Morgan fingerprint density at radius 1 is 1.28 bits per heavy atom. The predicted octanol–water partition coefficient (Wildman–Crippen LogP) is 3.41. The molecule has 0 unspecified atom stereocenters. The largest absolute Gasteiger partial charge is 0.384 e. The normalized spacial score (nSPS) is 15.0. The maximum atomic E-state index is 6.33. The highest BCUT2D eigenvalue weighted by Crippen LogP contribution is 2.38. The maximum absolute atomic E-state index is 6.33. The van der Waals surface area contributed by atoms with Crippen molar-refractivity contribution in [2.24, 2.45) is 0 Å². The number of rotatable bonds is 3. The zero-order valence-electron chi connectivity index (χ0n) is 10.3. The van der Waals surface area contributed by atoms with E-state index >= 15 is 0 Å². The van der Waals surface area contributed by atoms with Gasteiger partial charge in [-0.1, -0.05) is 11.6 Å². The highest BCUT2D eigenvalue weighted by molar-refractivity contribution is 7.19. The Bertz CT molecular complexity index is 582. The smallest absolute Gasteiger partial charge is 0.141 e. The SMILES string of the molecule is COCCc1nc(Cl)c2c3c(sc2n1)CCCC3. The third-order valence-electron chi connectivity index (χ3n) is 3.35. The van der Waals surface area contributed by atoms with Gasteiger partial charge >= 0.3 is 0 Å². The molecule has 0 atom stereocenters. The van der Waals surface area contributed by atoms with E-state index in [-0.39, 0.29) is 0 Å². The Kier molecular flexibility index (Phi) is 3.50. The molecule has 3 rings (SSSR count). The molecule has 0 bridgehead atoms. The Hall–Kier alpha value is -0.710. The second kappa shape index (κ2) is 5.11. The van der Waals surface area contributed by atoms with Gasteiger partial charge in [-0.2, -0.15) is 0 Å². The standard InChI is InChI=1S/C13H15ClN2OS/c1-17-7-6-10-15-12(14)11-8-4-2-3-5-9(8)18-13(11)16-10/h2-7H2,1H3. The van der Waals surface area contributed by atoms with E-state index in [1.165, 1.54) is 29.7 Å². The summed E-state index contributed by atoms with van der Waals surface area (Å²) in [6, 6.07) is 0. The fourth-order valence-corrected chi connectivity index (χ4v) is 4.10. The minimum Gasteiger partial charge on any atom is -0.384 e. The van der Waals surface area contributed by atoms with Gasteiger partial charge in [-0.05, 0) is 31.2 Å². The lowest BCUT2D eigenvalue weighted by atomic mass is 9.97. The van der Waals surface area contributed by atoms with Gasteiger partial charge in [-0.3, -0.25) is 0 Å². The van der Waals surface area contributed by atoms with Crippen LogP contribution in [0.15, 0.2) is 0 Å². The van der Waals surface area contributed by atoms with E-state index in [4.69, 9.17) is 16.3 Å². The van der Waals surface area contributed by atoms with Crippen LogP contribution in [0.25, 0.3) is 10.2 Å². The number of aryl methyl sites for hydroxylation is 2. The summed E-state index contributed by atoms with van der Waals surface area (Å²) >= 11 is 8.12. The molecule has 1 aliphatic rings. The van der Waals surface area contributed by atoms with Crippen molar-refractivity contribution in [3.05, 3.63) is 21.4 Å². The molecule has 2 heterocycles. The fourth-order valence-electron chi connectivity index (χ4n) is 2.46. The maximum Gasteiger partial charge on any atom is 0.141 e. The summed E-state index contributed by atoms with van der Waals surface area (Å²) < 4.78 is 5.06. The van der Waals surface area contributed by atoms with Crippen molar-refractivity contribution in [3.63, 3.8) is 0 Å². The average molecular weight is 283 g/mol. The highest BCUT2D eigenvalue weighted by Gasteiger charge is 2.20. The third kappa shape index (κ3) is 2.13. The fraction of sp³-hybridized carbons (Fsp3) is 0.538. The molecule has 0 amide bonds. The van der Waals surface area contributed by atoms with Gasteiger partial charge < -0.3 is 4.74 Å². The lowest BCUT2D eigenvalue weighted by Gasteiger charge is -2.10. The van der Waals surface area contributed by atoms with E-state index in [1.807, 2.05) is 0 Å². The molecule has 3 nitrogen and oxygen atoms in total. The second-order valence-corrected chi connectivity index (χ2v) is 6.01. The van der Waals surface area contributed by atoms with Crippen LogP contribution in [0, 0.1) is 0 Å². The molecule has 96 valence electrons. The summed E-state index contributed by atoms with van der Waals surface area (Å²) in [4.78, 5) is 11.5. The van der Waals surface area contributed by atoms with Crippen LogP contribution < -0.4 is 0 Å². The van der Waals surface area contributed by atoms with Gasteiger partial charge in [0.15, 0.2) is 0 Å². The molecule has 2 aromatic heterocycles. The van der Waals surface area contributed by atoms with Crippen LogP contribution in [0.4, 0.5) is 0 Å². The number of thiophene rings is 1. The molecule has 0 saturated heterocycles. The molecule has 2 aromatic rings. The van der Waals surface area contributed by atoms with Gasteiger partial charge in [0.1, 0.15) is 15.8 Å². The molecule has 0 aromatic carbocycles. The van der Waals surface area contributed by atoms with Crippen molar-refractivity contribution in [3.8, 4) is 0 Å². The molecular weight excluding hydrogens is 268 g/mol. The van der Waals surface area contributed by atoms with E-state index in [0.29, 0.717) is 18.2 Å². The highest BCUT2D eigenvalue weighted by atomic mass is 35.5. The first kappa shape index (κ1) is 12.3. The van der Waals surface area contributed by atoms with Crippen LogP contribution >= 0.6 is 22.9 Å². The Labute approximate surface area is 115 Å². The quantitative estimate of drug-likeness (QED) is 0.809. The van der Waals surface area contributed by atoms with Crippen molar-refractivity contribution >= 4 is 33.2 Å². The molecular formula is C13H15ClN2OS. The number of hydrogen-bond acceptors (Lipinski definition) is 4. The average Bonchev–Trinajstić information content (AvgIpc) is 2.74. The van der Waals surface area contributed by atoms with Gasteiger partial charge in [0.25, 0.3) is 0 Å². The van der Waals surface area contributed by atoms with Crippen LogP contribution in [-0.2, 0) is 24.0 Å². The Morgan fingerprint density at radius 2 is 2.11 bits per heavy atom. The monoisotopic (exact) mass is 282 g/mol. The summed E-state index contributed by atoms with van der Waals surface area (Å²) in [5.74, 6) is 0.785. The molecule has 0 N–H and O–H groups in total. The van der Waals surface area contributed by atoms with Crippen molar-refractivity contribution in [2.75, 3.05) is 13.7 Å². The third-order valence-corrected chi connectivity index (χ3v) is 4.81. The van der Waals surface area contributed by atoms with Gasteiger partial charge in [0, 0.05) is 18.4 Å². The molecule has 0 saturated carbocycles. The Balaban J connectivity index is 2.08. The summed E-state index contributed by atoms with van der Waals surface area (Å²) in [5.41, 5.74) is 1.39. The van der Waals surface area contributed by atoms with Crippen LogP contribution in [0.1, 0.15) is 29.1 Å². The predicted molar refractivity (Wildman–Crippen MR) is 74.6 cm³/mol. The molecule has 0 fully saturated rings. The van der Waals surface area contributed by atoms with Gasteiger partial charge in [0.2, 0.25) is 0 Å². The summed E-state index contributed by atoms with van der Waals surface area (Å²) in [6.45, 7) is 0.632. The second-order valence-electron chi connectivity index (χ2n) is 4.56. The molecule has 0 aliphatic heterocycles. The molecule has 1 aliphatic carbocycles. The number of methoxy groups -OCH3 is 1. The van der Waals surface area contributed by atoms with E-state index < -0.39 is 0 Å². The number of nitrogens with zero attached hydrogens (tertiary/aromatic N) is 2. The Morgan fingerprint density at radius 3 is 2.94 bits per heavy atom. The van der Waals surface area contributed by atoms with Gasteiger partial charge in [-0.25, -0.2) is 9.97 Å². The minimum absolute atomic E-state index is 0.616. The number of fused-ring (bicyclic) bond motifs is 3. The van der Waals surface area contributed by atoms with E-state index in [1.54, 1.807) is 18.4 Å². The van der Waals surface area contributed by atoms with Gasteiger partial charge in [0.05, 0.1) is 12.0 Å². The van der Waals surface area contributed by atoms with Crippen LogP contribution in [-0.4, -0.2) is 23.7 Å². The lowest BCUT2D eigenvalue weighted by Crippen LogP contribution is -2.02. The van der Waals surface area contributed by atoms with E-state index in [0.717, 1.165) is 22.5 Å². The first-order valence-corrected chi connectivity index (χ1v) is 7.44. The summed E-state index contributed by atoms with van der Waals surface area (Å²) in [5, 5.41) is 1.71. The van der Waals surface area contributed by atoms with Crippen LogP contribution in [0.5, 0.6) is 0 Å². The number of aromatic nitrogens is 2. The first-order valence-electron chi connectivity index (χ1n) is 6.25. The first-order chi connectivity index (χ1) is 8.79. The summed E-state index contributed by atoms with van der Waals surface area (Å²) in [6.07, 6.45) is 5.53. The lowest BCUT2D eigenvalue weighted by molar-refractivity contribution is 0.200. The van der Waals surface area contributed by atoms with Crippen LogP contribution in [0.2, 0.25) is 5.15 Å². The zero-order chi connectivity index (χ0) is 12.5. The van der Waals surface area contributed by atoms with E-state index in [9.17, 15) is 0 Å². The number of hydrogen-bond donors (Lipinski definition) is 0. The number of ether oxygens (including phenoxy) is 1.